The van der Waals surface area contributed by atoms with Crippen molar-refractivity contribution in [2.24, 2.45) is 0 Å². The molecule has 0 aliphatic carbocycles. The quantitative estimate of drug-likeness (QED) is 0.901. The molecule has 0 spiro atoms. The van der Waals surface area contributed by atoms with Crippen LogP contribution < -0.4 is 15.2 Å². The van der Waals surface area contributed by atoms with Crippen molar-refractivity contribution >= 4 is 15.7 Å². The van der Waals surface area contributed by atoms with Crippen LogP contribution in [0.4, 0.5) is 5.88 Å². The van der Waals surface area contributed by atoms with Crippen molar-refractivity contribution in [3.05, 3.63) is 24.3 Å². The number of benzene rings is 1. The van der Waals surface area contributed by atoms with E-state index in [1.165, 1.54) is 7.11 Å². The summed E-state index contributed by atoms with van der Waals surface area (Å²) in [5.41, 5.74) is 6.81. The summed E-state index contributed by atoms with van der Waals surface area (Å²) in [6, 6.07) is 6.84. The van der Waals surface area contributed by atoms with Gasteiger partial charge in [0.1, 0.15) is 11.8 Å². The summed E-state index contributed by atoms with van der Waals surface area (Å²) in [6.45, 7) is 0. The van der Waals surface area contributed by atoms with Gasteiger partial charge in [-0.15, -0.1) is 0 Å². The standard InChI is InChI=1S/C13H14N2O5S/c1-18-11-3-2-8(10-5-13(14)20-15-10)4-12(11)19-9-6-21(16,17)7-9/h2-5,9H,6-7,14H2,1H3. The number of nitrogen functional groups attached to an aromatic ring is 1. The Kier molecular flexibility index (Phi) is 3.25. The molecule has 2 N–H and O–H groups in total. The lowest BCUT2D eigenvalue weighted by atomic mass is 10.1. The van der Waals surface area contributed by atoms with Crippen LogP contribution in [-0.2, 0) is 9.84 Å². The van der Waals surface area contributed by atoms with Crippen LogP contribution in [0.25, 0.3) is 11.3 Å². The van der Waals surface area contributed by atoms with Crippen LogP contribution >= 0.6 is 0 Å². The second-order valence-electron chi connectivity index (χ2n) is 4.80. The van der Waals surface area contributed by atoms with Gasteiger partial charge in [-0.1, -0.05) is 5.16 Å². The second kappa shape index (κ2) is 4.96. The fourth-order valence-corrected chi connectivity index (χ4v) is 3.29. The monoisotopic (exact) mass is 310 g/mol. The van der Waals surface area contributed by atoms with Gasteiger partial charge in [0.2, 0.25) is 5.88 Å². The zero-order chi connectivity index (χ0) is 15.0. The van der Waals surface area contributed by atoms with Gasteiger partial charge in [0, 0.05) is 11.6 Å². The highest BCUT2D eigenvalue weighted by Crippen LogP contribution is 2.34. The van der Waals surface area contributed by atoms with Crippen LogP contribution in [0.3, 0.4) is 0 Å². The van der Waals surface area contributed by atoms with Gasteiger partial charge >= 0.3 is 0 Å². The van der Waals surface area contributed by atoms with E-state index in [0.29, 0.717) is 17.2 Å². The molecular formula is C13H14N2O5S. The molecule has 1 aliphatic rings. The van der Waals surface area contributed by atoms with Crippen LogP contribution in [0.5, 0.6) is 11.5 Å². The van der Waals surface area contributed by atoms with Gasteiger partial charge in [0.25, 0.3) is 0 Å². The van der Waals surface area contributed by atoms with Gasteiger partial charge in [0.15, 0.2) is 21.3 Å². The number of sulfone groups is 1. The minimum Gasteiger partial charge on any atom is -0.493 e. The molecule has 0 unspecified atom stereocenters. The Hall–Kier alpha value is -2.22. The molecule has 0 atom stereocenters. The number of aromatic nitrogens is 1. The molecule has 1 aliphatic heterocycles. The molecule has 0 radical (unpaired) electrons. The third-order valence-corrected chi connectivity index (χ3v) is 4.92. The van der Waals surface area contributed by atoms with Gasteiger partial charge in [-0.25, -0.2) is 8.42 Å². The first-order valence-corrected chi connectivity index (χ1v) is 8.07. The maximum Gasteiger partial charge on any atom is 0.222 e. The van der Waals surface area contributed by atoms with Gasteiger partial charge in [-0.2, -0.15) is 0 Å². The van der Waals surface area contributed by atoms with Crippen LogP contribution in [0.2, 0.25) is 0 Å². The molecule has 21 heavy (non-hydrogen) atoms. The molecule has 1 fully saturated rings. The minimum absolute atomic E-state index is 0.0251. The van der Waals surface area contributed by atoms with E-state index in [2.05, 4.69) is 5.16 Å². The highest BCUT2D eigenvalue weighted by molar-refractivity contribution is 7.92. The molecule has 8 heteroatoms. The highest BCUT2D eigenvalue weighted by Gasteiger charge is 2.35. The molecule has 7 nitrogen and oxygen atoms in total. The van der Waals surface area contributed by atoms with Crippen molar-refractivity contribution in [3.8, 4) is 22.8 Å². The molecule has 0 amide bonds. The maximum atomic E-state index is 11.2. The molecule has 0 saturated carbocycles. The largest absolute Gasteiger partial charge is 0.493 e. The minimum atomic E-state index is -2.94. The van der Waals surface area contributed by atoms with E-state index in [0.717, 1.165) is 5.56 Å². The molecule has 0 bridgehead atoms. The number of nitrogens with zero attached hydrogens (tertiary/aromatic N) is 1. The molecule has 3 rings (SSSR count). The highest BCUT2D eigenvalue weighted by atomic mass is 32.2. The smallest absolute Gasteiger partial charge is 0.222 e. The normalized spacial score (nSPS) is 17.2. The van der Waals surface area contributed by atoms with Crippen molar-refractivity contribution in [3.63, 3.8) is 0 Å². The number of hydrogen-bond acceptors (Lipinski definition) is 7. The number of nitrogens with two attached hydrogens (primary N) is 1. The van der Waals surface area contributed by atoms with E-state index in [1.54, 1.807) is 24.3 Å². The van der Waals surface area contributed by atoms with Crippen molar-refractivity contribution in [2.75, 3.05) is 24.3 Å². The number of ether oxygens (including phenoxy) is 2. The predicted octanol–water partition coefficient (Wildman–Crippen LogP) is 1.11. The first kappa shape index (κ1) is 13.7. The molecule has 2 heterocycles. The summed E-state index contributed by atoms with van der Waals surface area (Å²) in [4.78, 5) is 0. The topological polar surface area (TPSA) is 105 Å². The summed E-state index contributed by atoms with van der Waals surface area (Å²) in [5, 5.41) is 3.83. The van der Waals surface area contributed by atoms with Crippen molar-refractivity contribution in [1.82, 2.24) is 5.16 Å². The fraction of sp³-hybridized carbons (Fsp3) is 0.308. The lowest BCUT2D eigenvalue weighted by Gasteiger charge is -2.27. The van der Waals surface area contributed by atoms with Gasteiger partial charge in [0.05, 0.1) is 18.6 Å². The van der Waals surface area contributed by atoms with Crippen molar-refractivity contribution in [2.45, 2.75) is 6.10 Å². The molecule has 1 saturated heterocycles. The number of hydrogen-bond donors (Lipinski definition) is 1. The summed E-state index contributed by atoms with van der Waals surface area (Å²) < 4.78 is 38.1. The van der Waals surface area contributed by atoms with Gasteiger partial charge in [-0.3, -0.25) is 0 Å². The number of methoxy groups -OCH3 is 1. The Morgan fingerprint density at radius 1 is 1.29 bits per heavy atom. The average Bonchev–Trinajstić information content (AvgIpc) is 2.83. The molecule has 1 aromatic heterocycles. The summed E-state index contributed by atoms with van der Waals surface area (Å²) >= 11 is 0. The van der Waals surface area contributed by atoms with E-state index in [-0.39, 0.29) is 23.5 Å². The van der Waals surface area contributed by atoms with Gasteiger partial charge < -0.3 is 19.7 Å². The third kappa shape index (κ3) is 2.80. The molecule has 112 valence electrons. The zero-order valence-electron chi connectivity index (χ0n) is 11.3. The fourth-order valence-electron chi connectivity index (χ4n) is 2.12. The Balaban J connectivity index is 1.87. The summed E-state index contributed by atoms with van der Waals surface area (Å²) in [6.07, 6.45) is -0.346. The first-order chi connectivity index (χ1) is 9.97. The molecule has 2 aromatic rings. The van der Waals surface area contributed by atoms with Crippen LogP contribution in [0, 0.1) is 0 Å². The van der Waals surface area contributed by atoms with Gasteiger partial charge in [-0.05, 0) is 18.2 Å². The van der Waals surface area contributed by atoms with Crippen molar-refractivity contribution in [1.29, 1.82) is 0 Å². The number of rotatable bonds is 4. The summed E-state index contributed by atoms with van der Waals surface area (Å²) in [5.74, 6) is 1.26. The Labute approximate surface area is 121 Å². The van der Waals surface area contributed by atoms with Crippen LogP contribution in [-0.4, -0.2) is 38.3 Å². The number of anilines is 1. The average molecular weight is 310 g/mol. The Bertz CT molecular complexity index is 757. The van der Waals surface area contributed by atoms with Crippen molar-refractivity contribution < 1.29 is 22.4 Å². The predicted molar refractivity (Wildman–Crippen MR) is 76.0 cm³/mol. The van der Waals surface area contributed by atoms with Crippen LogP contribution in [0.1, 0.15) is 0 Å². The SMILES string of the molecule is COc1ccc(-c2cc(N)on2)cc1OC1CS(=O)(=O)C1. The Morgan fingerprint density at radius 3 is 2.62 bits per heavy atom. The molecule has 1 aromatic carbocycles. The van der Waals surface area contributed by atoms with E-state index in [9.17, 15) is 8.42 Å². The Morgan fingerprint density at radius 2 is 2.05 bits per heavy atom. The lowest BCUT2D eigenvalue weighted by molar-refractivity contribution is 0.219. The zero-order valence-corrected chi connectivity index (χ0v) is 12.1. The maximum absolute atomic E-state index is 11.2. The lowest BCUT2D eigenvalue weighted by Crippen LogP contribution is -2.45. The van der Waals surface area contributed by atoms with Crippen LogP contribution in [0.15, 0.2) is 28.8 Å². The summed E-state index contributed by atoms with van der Waals surface area (Å²) in [7, 11) is -1.42. The first-order valence-electron chi connectivity index (χ1n) is 6.24. The van der Waals surface area contributed by atoms with E-state index >= 15 is 0 Å². The molecular weight excluding hydrogens is 296 g/mol. The van der Waals surface area contributed by atoms with E-state index in [4.69, 9.17) is 19.7 Å². The second-order valence-corrected chi connectivity index (χ2v) is 6.95. The van der Waals surface area contributed by atoms with E-state index in [1.807, 2.05) is 0 Å². The van der Waals surface area contributed by atoms with E-state index < -0.39 is 9.84 Å². The third-order valence-electron chi connectivity index (χ3n) is 3.16.